The summed E-state index contributed by atoms with van der Waals surface area (Å²) in [6.45, 7) is 5.35. The maximum absolute atomic E-state index is 13.2. The molecule has 7 nitrogen and oxygen atoms in total. The van der Waals surface area contributed by atoms with Gasteiger partial charge in [0, 0.05) is 62.6 Å². The van der Waals surface area contributed by atoms with Crippen LogP contribution in [0.5, 0.6) is 0 Å². The highest BCUT2D eigenvalue weighted by Gasteiger charge is 2.48. The number of hydrogen-bond donors (Lipinski definition) is 0. The van der Waals surface area contributed by atoms with Crippen LogP contribution >= 0.6 is 0 Å². The molecule has 3 saturated heterocycles. The molecule has 1 atom stereocenters. The average molecular weight is 634 g/mol. The number of ether oxygens (including phenoxy) is 1. The third-order valence-corrected chi connectivity index (χ3v) is 9.77. The van der Waals surface area contributed by atoms with Gasteiger partial charge >= 0.3 is 12.3 Å². The summed E-state index contributed by atoms with van der Waals surface area (Å²) in [4.78, 5) is 44.8. The van der Waals surface area contributed by atoms with E-state index in [0.717, 1.165) is 23.3 Å². The molecule has 242 valence electrons. The van der Waals surface area contributed by atoms with Crippen molar-refractivity contribution >= 4 is 17.8 Å². The van der Waals surface area contributed by atoms with Crippen LogP contribution in [0.15, 0.2) is 78.9 Å². The van der Waals surface area contributed by atoms with E-state index in [-0.39, 0.29) is 29.7 Å². The molecule has 3 aromatic carbocycles. The Morgan fingerprint density at radius 3 is 2.11 bits per heavy atom. The maximum atomic E-state index is 13.2. The van der Waals surface area contributed by atoms with E-state index >= 15 is 0 Å². The second-order valence-corrected chi connectivity index (χ2v) is 12.7. The van der Waals surface area contributed by atoms with Crippen molar-refractivity contribution in [3.63, 3.8) is 0 Å². The highest BCUT2D eigenvalue weighted by atomic mass is 19.4. The number of benzene rings is 3. The molecule has 10 heteroatoms. The van der Waals surface area contributed by atoms with E-state index in [9.17, 15) is 27.6 Å². The number of rotatable bonds is 7. The van der Waals surface area contributed by atoms with Crippen LogP contribution in [0.1, 0.15) is 76.1 Å². The number of likely N-dealkylation sites (tertiary alicyclic amines) is 2. The van der Waals surface area contributed by atoms with Crippen LogP contribution < -0.4 is 0 Å². The van der Waals surface area contributed by atoms with Gasteiger partial charge in [-0.1, -0.05) is 54.6 Å². The Morgan fingerprint density at radius 1 is 0.870 bits per heavy atom. The fourth-order valence-electron chi connectivity index (χ4n) is 6.83. The summed E-state index contributed by atoms with van der Waals surface area (Å²) in [6, 6.07) is 21.7. The summed E-state index contributed by atoms with van der Waals surface area (Å²) in [5.74, 6) is -0.00572. The topological polar surface area (TPSA) is 70.2 Å². The number of carbonyl (C=O) groups excluding carboxylic acids is 3. The predicted octanol–water partition coefficient (Wildman–Crippen LogP) is 6.99. The third-order valence-electron chi connectivity index (χ3n) is 9.77. The van der Waals surface area contributed by atoms with E-state index in [1.54, 1.807) is 21.9 Å². The summed E-state index contributed by atoms with van der Waals surface area (Å²) in [5, 5.41) is 0. The highest BCUT2D eigenvalue weighted by Crippen LogP contribution is 2.38. The number of nitrogens with zero attached hydrogens (tertiary/aromatic N) is 3. The Morgan fingerprint density at radius 2 is 1.50 bits per heavy atom. The lowest BCUT2D eigenvalue weighted by Gasteiger charge is -2.37. The fourth-order valence-corrected chi connectivity index (χ4v) is 6.83. The smallest absolute Gasteiger partial charge is 0.416 e. The summed E-state index contributed by atoms with van der Waals surface area (Å²) >= 11 is 0. The van der Waals surface area contributed by atoms with Crippen LogP contribution in [0.25, 0.3) is 0 Å². The maximum Gasteiger partial charge on any atom is 0.416 e. The second kappa shape index (κ2) is 12.9. The summed E-state index contributed by atoms with van der Waals surface area (Å²) in [6.07, 6.45) is -2.15. The van der Waals surface area contributed by atoms with E-state index in [1.165, 1.54) is 12.1 Å². The summed E-state index contributed by atoms with van der Waals surface area (Å²) in [7, 11) is 0. The Kier molecular flexibility index (Phi) is 8.92. The van der Waals surface area contributed by atoms with Crippen LogP contribution in [0.3, 0.4) is 0 Å². The molecule has 0 saturated carbocycles. The Bertz CT molecular complexity index is 1540. The fraction of sp³-hybridized carbons (Fsp3) is 0.417. The van der Waals surface area contributed by atoms with Crippen molar-refractivity contribution in [3.05, 3.63) is 107 Å². The molecule has 3 aliphatic rings. The standard InChI is InChI=1S/C36H38F3N3O4/c1-25(27-9-11-30(12-10-27)33(44)41-19-15-29(16-20-41)32(43)28-5-3-2-4-6-28)42-24-35(46-34(42)45)17-21-40(22-18-35)23-26-7-13-31(14-8-26)36(37,38)39/h2-14,25,29H,15-24H2,1H3. The molecule has 3 fully saturated rings. The lowest BCUT2D eigenvalue weighted by molar-refractivity contribution is -0.137. The Hall–Kier alpha value is -4.18. The molecule has 1 unspecified atom stereocenters. The van der Waals surface area contributed by atoms with Crippen molar-refractivity contribution in [2.75, 3.05) is 32.7 Å². The van der Waals surface area contributed by atoms with Gasteiger partial charge in [0.05, 0.1) is 18.2 Å². The van der Waals surface area contributed by atoms with Crippen LogP contribution in [-0.2, 0) is 17.5 Å². The van der Waals surface area contributed by atoms with Crippen LogP contribution in [0, 0.1) is 5.92 Å². The summed E-state index contributed by atoms with van der Waals surface area (Å²) < 4.78 is 44.6. The molecule has 3 aromatic rings. The van der Waals surface area contributed by atoms with Gasteiger partial charge < -0.3 is 9.64 Å². The second-order valence-electron chi connectivity index (χ2n) is 12.7. The van der Waals surface area contributed by atoms with Gasteiger partial charge in [-0.25, -0.2) is 4.79 Å². The molecular weight excluding hydrogens is 595 g/mol. The van der Waals surface area contributed by atoms with Crippen molar-refractivity contribution in [3.8, 4) is 0 Å². The van der Waals surface area contributed by atoms with Crippen LogP contribution in [-0.4, -0.2) is 70.8 Å². The van der Waals surface area contributed by atoms with Crippen molar-refractivity contribution in [2.24, 2.45) is 5.92 Å². The molecular formula is C36H38F3N3O4. The first-order valence-electron chi connectivity index (χ1n) is 15.9. The minimum absolute atomic E-state index is 0.0626. The molecule has 0 aliphatic carbocycles. The Balaban J connectivity index is 0.998. The number of alkyl halides is 3. The highest BCUT2D eigenvalue weighted by molar-refractivity contribution is 5.98. The SMILES string of the molecule is CC(c1ccc(C(=O)N2CCC(C(=O)c3ccccc3)CC2)cc1)N1CC2(CCN(Cc3ccc(C(F)(F)F)cc3)CC2)OC1=O. The number of carbonyl (C=O) groups is 3. The van der Waals surface area contributed by atoms with E-state index in [4.69, 9.17) is 4.74 Å². The third kappa shape index (κ3) is 6.82. The zero-order valence-electron chi connectivity index (χ0n) is 25.8. The van der Waals surface area contributed by atoms with E-state index in [1.807, 2.05) is 49.4 Å². The average Bonchev–Trinajstić information content (AvgIpc) is 3.40. The monoisotopic (exact) mass is 633 g/mol. The molecule has 0 N–H and O–H groups in total. The molecule has 0 aromatic heterocycles. The lowest BCUT2D eigenvalue weighted by atomic mass is 9.88. The number of ketones is 1. The first-order chi connectivity index (χ1) is 22.0. The molecule has 0 bridgehead atoms. The van der Waals surface area contributed by atoms with Crippen molar-refractivity contribution in [2.45, 2.75) is 57.0 Å². The van der Waals surface area contributed by atoms with Crippen molar-refractivity contribution < 1.29 is 32.3 Å². The van der Waals surface area contributed by atoms with Gasteiger partial charge in [-0.15, -0.1) is 0 Å². The molecule has 0 radical (unpaired) electrons. The number of hydrogen-bond acceptors (Lipinski definition) is 5. The molecule has 46 heavy (non-hydrogen) atoms. The van der Waals surface area contributed by atoms with Crippen LogP contribution in [0.4, 0.5) is 18.0 Å². The molecule has 6 rings (SSSR count). The van der Waals surface area contributed by atoms with Gasteiger partial charge in [0.1, 0.15) is 5.60 Å². The van der Waals surface area contributed by atoms with Gasteiger partial charge in [0.15, 0.2) is 5.78 Å². The van der Waals surface area contributed by atoms with E-state index < -0.39 is 17.3 Å². The van der Waals surface area contributed by atoms with E-state index in [0.29, 0.717) is 76.1 Å². The number of amides is 2. The van der Waals surface area contributed by atoms with Crippen molar-refractivity contribution in [1.29, 1.82) is 0 Å². The normalized spacial score (nSPS) is 19.7. The van der Waals surface area contributed by atoms with Gasteiger partial charge in [0.2, 0.25) is 0 Å². The molecule has 3 heterocycles. The largest absolute Gasteiger partial charge is 0.441 e. The van der Waals surface area contributed by atoms with E-state index in [2.05, 4.69) is 4.90 Å². The van der Waals surface area contributed by atoms with Crippen molar-refractivity contribution in [1.82, 2.24) is 14.7 Å². The lowest BCUT2D eigenvalue weighted by Crippen LogP contribution is -2.46. The van der Waals surface area contributed by atoms with Gasteiger partial charge in [-0.05, 0) is 55.2 Å². The minimum atomic E-state index is -4.35. The predicted molar refractivity (Wildman–Crippen MR) is 166 cm³/mol. The van der Waals surface area contributed by atoms with Gasteiger partial charge in [0.25, 0.3) is 5.91 Å². The number of Topliss-reactive ketones (excluding diaryl/α,β-unsaturated/α-hetero) is 1. The molecule has 3 aliphatic heterocycles. The first kappa shape index (κ1) is 31.8. The van der Waals surface area contributed by atoms with Gasteiger partial charge in [-0.2, -0.15) is 13.2 Å². The Labute approximate surface area is 266 Å². The molecule has 2 amide bonds. The zero-order valence-corrected chi connectivity index (χ0v) is 25.8. The molecule has 1 spiro atoms. The number of halogens is 3. The first-order valence-corrected chi connectivity index (χ1v) is 15.9. The van der Waals surface area contributed by atoms with Crippen LogP contribution in [0.2, 0.25) is 0 Å². The summed E-state index contributed by atoms with van der Waals surface area (Å²) in [5.41, 5.74) is 1.75. The van der Waals surface area contributed by atoms with Gasteiger partial charge in [-0.3, -0.25) is 19.4 Å². The minimum Gasteiger partial charge on any atom is -0.441 e. The quantitative estimate of drug-likeness (QED) is 0.263. The number of piperidine rings is 2. The zero-order chi connectivity index (χ0) is 32.5.